The van der Waals surface area contributed by atoms with E-state index in [1.807, 2.05) is 32.9 Å². The van der Waals surface area contributed by atoms with Gasteiger partial charge in [-0.25, -0.2) is 4.98 Å². The number of benzene rings is 2. The molecule has 0 aliphatic heterocycles. The molecule has 0 unspecified atom stereocenters. The molecule has 0 aliphatic carbocycles. The SMILES string of the molecule is CC(C)(C)C(=O)NCCCc1nc2ccccc2n1Cc1cccc(Br)c1. The molecule has 0 atom stereocenters. The average molecular weight is 428 g/mol. The third-order valence-corrected chi connectivity index (χ3v) is 5.00. The number of carbonyl (C=O) groups excluding carboxylic acids is 1. The van der Waals surface area contributed by atoms with Crippen LogP contribution in [0.1, 0.15) is 38.6 Å². The minimum atomic E-state index is -0.353. The molecular weight excluding hydrogens is 402 g/mol. The summed E-state index contributed by atoms with van der Waals surface area (Å²) >= 11 is 3.55. The van der Waals surface area contributed by atoms with E-state index in [2.05, 4.69) is 62.2 Å². The summed E-state index contributed by atoms with van der Waals surface area (Å²) in [4.78, 5) is 16.9. The van der Waals surface area contributed by atoms with Gasteiger partial charge in [0.25, 0.3) is 0 Å². The second kappa shape index (κ2) is 8.26. The first-order chi connectivity index (χ1) is 12.8. The van der Waals surface area contributed by atoms with Crippen LogP contribution in [0, 0.1) is 5.41 Å². The van der Waals surface area contributed by atoms with Gasteiger partial charge in [-0.15, -0.1) is 0 Å². The molecule has 142 valence electrons. The Morgan fingerprint density at radius 1 is 1.15 bits per heavy atom. The van der Waals surface area contributed by atoms with Crippen molar-refractivity contribution in [3.8, 4) is 0 Å². The van der Waals surface area contributed by atoms with E-state index >= 15 is 0 Å². The Morgan fingerprint density at radius 2 is 1.93 bits per heavy atom. The number of hydrogen-bond acceptors (Lipinski definition) is 2. The van der Waals surface area contributed by atoms with Gasteiger partial charge in [-0.2, -0.15) is 0 Å². The smallest absolute Gasteiger partial charge is 0.225 e. The lowest BCUT2D eigenvalue weighted by Crippen LogP contribution is -2.35. The Morgan fingerprint density at radius 3 is 2.67 bits per heavy atom. The molecule has 0 aliphatic rings. The van der Waals surface area contributed by atoms with Crippen LogP contribution in [0.15, 0.2) is 53.0 Å². The van der Waals surface area contributed by atoms with Crippen molar-refractivity contribution in [3.05, 3.63) is 64.4 Å². The highest BCUT2D eigenvalue weighted by molar-refractivity contribution is 9.10. The molecule has 0 fully saturated rings. The van der Waals surface area contributed by atoms with Crippen molar-refractivity contribution in [2.24, 2.45) is 5.41 Å². The molecular formula is C22H26BrN3O. The fourth-order valence-corrected chi connectivity index (χ4v) is 3.47. The lowest BCUT2D eigenvalue weighted by Gasteiger charge is -2.17. The molecule has 1 amide bonds. The summed E-state index contributed by atoms with van der Waals surface area (Å²) in [6.07, 6.45) is 1.69. The minimum absolute atomic E-state index is 0.0881. The van der Waals surface area contributed by atoms with E-state index in [9.17, 15) is 4.79 Å². The van der Waals surface area contributed by atoms with Gasteiger partial charge in [0, 0.05) is 29.4 Å². The Hall–Kier alpha value is -2.14. The van der Waals surface area contributed by atoms with Gasteiger partial charge in [0.2, 0.25) is 5.91 Å². The van der Waals surface area contributed by atoms with Gasteiger partial charge in [0.05, 0.1) is 11.0 Å². The Kier molecular flexibility index (Phi) is 6.00. The molecule has 0 radical (unpaired) electrons. The van der Waals surface area contributed by atoms with Gasteiger partial charge >= 0.3 is 0 Å². The second-order valence-electron chi connectivity index (χ2n) is 7.84. The summed E-state index contributed by atoms with van der Waals surface area (Å²) in [7, 11) is 0. The molecule has 0 bridgehead atoms. The summed E-state index contributed by atoms with van der Waals surface area (Å²) in [5, 5.41) is 3.02. The Bertz CT molecular complexity index is 940. The number of nitrogens with one attached hydrogen (secondary N) is 1. The molecule has 27 heavy (non-hydrogen) atoms. The van der Waals surface area contributed by atoms with E-state index in [-0.39, 0.29) is 11.3 Å². The van der Waals surface area contributed by atoms with Gasteiger partial charge < -0.3 is 9.88 Å². The number of amides is 1. The number of rotatable bonds is 6. The predicted molar refractivity (Wildman–Crippen MR) is 114 cm³/mol. The first-order valence-corrected chi connectivity index (χ1v) is 10.1. The zero-order chi connectivity index (χ0) is 19.4. The quantitative estimate of drug-likeness (QED) is 0.566. The highest BCUT2D eigenvalue weighted by Crippen LogP contribution is 2.20. The zero-order valence-electron chi connectivity index (χ0n) is 16.1. The molecule has 0 spiro atoms. The van der Waals surface area contributed by atoms with E-state index < -0.39 is 0 Å². The lowest BCUT2D eigenvalue weighted by atomic mass is 9.96. The summed E-state index contributed by atoms with van der Waals surface area (Å²) in [5.74, 6) is 1.14. The number of fused-ring (bicyclic) bond motifs is 1. The van der Waals surface area contributed by atoms with E-state index in [0.29, 0.717) is 6.54 Å². The van der Waals surface area contributed by atoms with Gasteiger partial charge in [0.1, 0.15) is 5.82 Å². The third kappa shape index (κ3) is 4.98. The number of imidazole rings is 1. The lowest BCUT2D eigenvalue weighted by molar-refractivity contribution is -0.128. The van der Waals surface area contributed by atoms with Crippen LogP contribution in [0.2, 0.25) is 0 Å². The minimum Gasteiger partial charge on any atom is -0.356 e. The molecule has 1 N–H and O–H groups in total. The standard InChI is InChI=1S/C22H26BrN3O/c1-22(2,3)21(27)24-13-7-12-20-25-18-10-4-5-11-19(18)26(20)15-16-8-6-9-17(23)14-16/h4-6,8-11,14H,7,12-13,15H2,1-3H3,(H,24,27). The monoisotopic (exact) mass is 427 g/mol. The number of halogens is 1. The number of aromatic nitrogens is 2. The van der Waals surface area contributed by atoms with Crippen molar-refractivity contribution in [2.45, 2.75) is 40.2 Å². The third-order valence-electron chi connectivity index (χ3n) is 4.51. The number of hydrogen-bond donors (Lipinski definition) is 1. The maximum atomic E-state index is 12.0. The largest absolute Gasteiger partial charge is 0.356 e. The van der Waals surface area contributed by atoms with Crippen LogP contribution >= 0.6 is 15.9 Å². The first kappa shape index (κ1) is 19.6. The summed E-state index contributed by atoms with van der Waals surface area (Å²) in [5.41, 5.74) is 3.04. The fraction of sp³-hybridized carbons (Fsp3) is 0.364. The predicted octanol–water partition coefficient (Wildman–Crippen LogP) is 4.94. The molecule has 0 saturated heterocycles. The van der Waals surface area contributed by atoms with Crippen molar-refractivity contribution >= 4 is 32.9 Å². The molecule has 1 aromatic heterocycles. The van der Waals surface area contributed by atoms with Gasteiger partial charge in [-0.3, -0.25) is 4.79 Å². The highest BCUT2D eigenvalue weighted by atomic mass is 79.9. The Labute approximate surface area is 169 Å². The maximum absolute atomic E-state index is 12.0. The van der Waals surface area contributed by atoms with Crippen LogP contribution in [0.5, 0.6) is 0 Å². The zero-order valence-corrected chi connectivity index (χ0v) is 17.7. The number of aryl methyl sites for hydroxylation is 1. The van der Waals surface area contributed by atoms with Gasteiger partial charge in [-0.1, -0.05) is 61.0 Å². The van der Waals surface area contributed by atoms with E-state index in [4.69, 9.17) is 4.98 Å². The summed E-state index contributed by atoms with van der Waals surface area (Å²) in [6, 6.07) is 16.6. The summed E-state index contributed by atoms with van der Waals surface area (Å²) in [6.45, 7) is 7.24. The van der Waals surface area contributed by atoms with Crippen molar-refractivity contribution in [1.82, 2.24) is 14.9 Å². The molecule has 3 aromatic rings. The maximum Gasteiger partial charge on any atom is 0.225 e. The van der Waals surface area contributed by atoms with Crippen molar-refractivity contribution in [3.63, 3.8) is 0 Å². The Balaban J connectivity index is 1.75. The van der Waals surface area contributed by atoms with Gasteiger partial charge in [0.15, 0.2) is 0 Å². The van der Waals surface area contributed by atoms with Crippen LogP contribution in [0.25, 0.3) is 11.0 Å². The summed E-state index contributed by atoms with van der Waals surface area (Å²) < 4.78 is 3.36. The number of para-hydroxylation sites is 2. The van der Waals surface area contributed by atoms with Crippen molar-refractivity contribution in [1.29, 1.82) is 0 Å². The van der Waals surface area contributed by atoms with Crippen LogP contribution in [0.4, 0.5) is 0 Å². The number of nitrogens with zero attached hydrogens (tertiary/aromatic N) is 2. The van der Waals surface area contributed by atoms with Crippen LogP contribution < -0.4 is 5.32 Å². The van der Waals surface area contributed by atoms with E-state index in [0.717, 1.165) is 40.7 Å². The average Bonchev–Trinajstić information content (AvgIpc) is 2.95. The van der Waals surface area contributed by atoms with E-state index in [1.54, 1.807) is 0 Å². The molecule has 3 rings (SSSR count). The van der Waals surface area contributed by atoms with Gasteiger partial charge in [-0.05, 0) is 36.2 Å². The molecule has 0 saturated carbocycles. The van der Waals surface area contributed by atoms with E-state index in [1.165, 1.54) is 5.56 Å². The van der Waals surface area contributed by atoms with Crippen molar-refractivity contribution < 1.29 is 4.79 Å². The highest BCUT2D eigenvalue weighted by Gasteiger charge is 2.20. The second-order valence-corrected chi connectivity index (χ2v) is 8.76. The molecule has 5 heteroatoms. The van der Waals surface area contributed by atoms with Crippen LogP contribution in [-0.4, -0.2) is 22.0 Å². The normalized spacial score (nSPS) is 11.7. The van der Waals surface area contributed by atoms with Crippen LogP contribution in [-0.2, 0) is 17.8 Å². The van der Waals surface area contributed by atoms with Crippen molar-refractivity contribution in [2.75, 3.05) is 6.54 Å². The number of carbonyl (C=O) groups is 1. The molecule has 2 aromatic carbocycles. The topological polar surface area (TPSA) is 46.9 Å². The first-order valence-electron chi connectivity index (χ1n) is 9.31. The fourth-order valence-electron chi connectivity index (χ4n) is 3.02. The molecule has 4 nitrogen and oxygen atoms in total. The van der Waals surface area contributed by atoms with Crippen LogP contribution in [0.3, 0.4) is 0 Å². The molecule has 1 heterocycles.